The van der Waals surface area contributed by atoms with Crippen molar-refractivity contribution in [3.63, 3.8) is 0 Å². The molecule has 184 valence electrons. The number of halogens is 3. The van der Waals surface area contributed by atoms with Gasteiger partial charge in [-0.2, -0.15) is 0 Å². The van der Waals surface area contributed by atoms with Crippen molar-refractivity contribution in [1.82, 2.24) is 14.8 Å². The molecule has 1 aliphatic carbocycles. The van der Waals surface area contributed by atoms with E-state index in [1.807, 2.05) is 13.8 Å². The van der Waals surface area contributed by atoms with Gasteiger partial charge in [0.05, 0.1) is 17.2 Å². The molecule has 1 aromatic heterocycles. The lowest BCUT2D eigenvalue weighted by Crippen LogP contribution is -2.52. The number of aromatic nitrogens is 1. The summed E-state index contributed by atoms with van der Waals surface area (Å²) in [6, 6.07) is 4.26. The van der Waals surface area contributed by atoms with E-state index in [0.717, 1.165) is 0 Å². The number of pyridine rings is 1. The highest BCUT2D eigenvalue weighted by atomic mass is 35.5. The highest BCUT2D eigenvalue weighted by Crippen LogP contribution is 2.54. The molecule has 1 saturated carbocycles. The fourth-order valence-electron chi connectivity index (χ4n) is 4.54. The van der Waals surface area contributed by atoms with Crippen molar-refractivity contribution in [2.24, 2.45) is 5.92 Å². The van der Waals surface area contributed by atoms with Crippen molar-refractivity contribution in [1.29, 1.82) is 0 Å². The van der Waals surface area contributed by atoms with Gasteiger partial charge in [0.1, 0.15) is 11.4 Å². The monoisotopic (exact) mass is 513 g/mol. The van der Waals surface area contributed by atoms with E-state index in [4.69, 9.17) is 16.3 Å². The molecule has 1 fully saturated rings. The molecule has 2 amide bonds. The van der Waals surface area contributed by atoms with Gasteiger partial charge in [0.2, 0.25) is 5.43 Å². The van der Waals surface area contributed by atoms with Crippen molar-refractivity contribution >= 4 is 35.8 Å². The van der Waals surface area contributed by atoms with Crippen LogP contribution in [0, 0.1) is 11.7 Å². The normalized spacial score (nSPS) is 20.8. The van der Waals surface area contributed by atoms with Gasteiger partial charge in [0.15, 0.2) is 11.4 Å². The molecule has 11 heteroatoms. The fraction of sp³-hybridized carbons (Fsp3) is 0.435. The molecule has 0 saturated heterocycles. The smallest absolute Gasteiger partial charge is 0.274 e. The van der Waals surface area contributed by atoms with Gasteiger partial charge in [-0.05, 0) is 26.3 Å². The summed E-state index contributed by atoms with van der Waals surface area (Å²) < 4.78 is 21.0. The molecule has 1 aromatic carbocycles. The maximum atomic E-state index is 14.2. The molecular weight excluding hydrogens is 488 g/mol. The molecule has 2 N–H and O–H groups in total. The minimum Gasteiger partial charge on any atom is -0.503 e. The lowest BCUT2D eigenvalue weighted by molar-refractivity contribution is 0.0543. The third kappa shape index (κ3) is 4.16. The topological polar surface area (TPSA) is 101 Å². The molecular formula is C23H26Cl2FN3O5. The number of amides is 2. The summed E-state index contributed by atoms with van der Waals surface area (Å²) in [5, 5.41) is 13.1. The number of methoxy groups -OCH3 is 1. The number of benzene rings is 1. The van der Waals surface area contributed by atoms with Crippen molar-refractivity contribution < 1.29 is 23.8 Å². The van der Waals surface area contributed by atoms with Crippen LogP contribution in [0.4, 0.5) is 4.39 Å². The van der Waals surface area contributed by atoms with E-state index in [9.17, 15) is 23.9 Å². The van der Waals surface area contributed by atoms with E-state index in [-0.39, 0.29) is 52.8 Å². The number of hydrogen-bond acceptors (Lipinski definition) is 5. The zero-order chi connectivity index (χ0) is 24.1. The van der Waals surface area contributed by atoms with Crippen molar-refractivity contribution in [2.75, 3.05) is 20.3 Å². The molecule has 1 spiro atoms. The summed E-state index contributed by atoms with van der Waals surface area (Å²) in [4.78, 5) is 40.4. The summed E-state index contributed by atoms with van der Waals surface area (Å²) in [6.07, 6.45) is 1.99. The van der Waals surface area contributed by atoms with Gasteiger partial charge in [-0.25, -0.2) is 4.39 Å². The van der Waals surface area contributed by atoms with Gasteiger partial charge in [-0.15, -0.1) is 12.4 Å². The van der Waals surface area contributed by atoms with Crippen molar-refractivity contribution in [3.8, 4) is 5.75 Å². The molecule has 2 aliphatic rings. The predicted molar refractivity (Wildman–Crippen MR) is 126 cm³/mol. The van der Waals surface area contributed by atoms with Crippen molar-refractivity contribution in [3.05, 3.63) is 62.3 Å². The molecule has 0 radical (unpaired) electrons. The van der Waals surface area contributed by atoms with Gasteiger partial charge in [-0.3, -0.25) is 14.4 Å². The Morgan fingerprint density at radius 1 is 1.38 bits per heavy atom. The number of carbonyl (C=O) groups is 2. The maximum absolute atomic E-state index is 14.2. The molecule has 4 rings (SSSR count). The first-order chi connectivity index (χ1) is 15.6. The van der Waals surface area contributed by atoms with E-state index in [1.54, 1.807) is 22.6 Å². The highest BCUT2D eigenvalue weighted by Gasteiger charge is 2.60. The number of nitrogens with one attached hydrogen (secondary N) is 1. The van der Waals surface area contributed by atoms with Crippen LogP contribution < -0.4 is 10.7 Å². The standard InChI is InChI=1S/C23H25ClFN3O5.ClH/c1-12(2)27-11-23(7-14(23)10-33-3)28-9-15(19(29)20(30)18(28)22(27)32)21(31)26-8-13-5-4-6-16(24)17(13)25;/h4-6,9,12,14,30H,7-8,10-11H2,1-3H3,(H,26,31);1H/t14-,23-;/m1./s1. The Labute approximate surface area is 207 Å². The first-order valence-corrected chi connectivity index (χ1v) is 11.0. The molecule has 2 aromatic rings. The van der Waals surface area contributed by atoms with Crippen LogP contribution in [0.25, 0.3) is 0 Å². The largest absolute Gasteiger partial charge is 0.503 e. The lowest BCUT2D eigenvalue weighted by Gasteiger charge is -2.39. The molecule has 34 heavy (non-hydrogen) atoms. The first-order valence-electron chi connectivity index (χ1n) is 10.6. The lowest BCUT2D eigenvalue weighted by atomic mass is 10.0. The Morgan fingerprint density at radius 3 is 2.74 bits per heavy atom. The SMILES string of the molecule is COC[C@H]1C[C@@]12CN(C(C)C)C(=O)c1c(O)c(=O)c(C(=O)NCc3cccc(Cl)c3F)cn12.Cl. The third-order valence-corrected chi connectivity index (χ3v) is 6.77. The molecule has 0 unspecified atom stereocenters. The number of ether oxygens (including phenoxy) is 1. The summed E-state index contributed by atoms with van der Waals surface area (Å²) in [7, 11) is 1.58. The van der Waals surface area contributed by atoms with E-state index in [2.05, 4.69) is 5.32 Å². The van der Waals surface area contributed by atoms with E-state index in [0.29, 0.717) is 19.6 Å². The average molecular weight is 514 g/mol. The number of hydrogen-bond donors (Lipinski definition) is 2. The highest BCUT2D eigenvalue weighted by molar-refractivity contribution is 6.30. The Bertz CT molecular complexity index is 1200. The molecule has 2 atom stereocenters. The van der Waals surface area contributed by atoms with Crippen LogP contribution in [0.3, 0.4) is 0 Å². The second-order valence-corrected chi connectivity index (χ2v) is 9.23. The quantitative estimate of drug-likeness (QED) is 0.618. The van der Waals surface area contributed by atoms with Gasteiger partial charge in [0.25, 0.3) is 11.8 Å². The van der Waals surface area contributed by atoms with Crippen LogP contribution in [0.5, 0.6) is 5.75 Å². The zero-order valence-electron chi connectivity index (χ0n) is 18.9. The Morgan fingerprint density at radius 2 is 2.09 bits per heavy atom. The Balaban J connectivity index is 0.00000324. The number of fused-ring (bicyclic) bond motifs is 2. The summed E-state index contributed by atoms with van der Waals surface area (Å²) in [6.45, 7) is 4.33. The molecule has 2 heterocycles. The van der Waals surface area contributed by atoms with Gasteiger partial charge in [0, 0.05) is 43.9 Å². The Hall–Kier alpha value is -2.62. The fourth-order valence-corrected chi connectivity index (χ4v) is 4.74. The van der Waals surface area contributed by atoms with E-state index < -0.39 is 34.3 Å². The van der Waals surface area contributed by atoms with Gasteiger partial charge < -0.3 is 24.6 Å². The average Bonchev–Trinajstić information content (AvgIpc) is 3.46. The first kappa shape index (κ1) is 26.0. The van der Waals surface area contributed by atoms with Crippen LogP contribution in [0.1, 0.15) is 46.7 Å². The van der Waals surface area contributed by atoms with Crippen LogP contribution in [-0.4, -0.2) is 52.7 Å². The van der Waals surface area contributed by atoms with Gasteiger partial charge in [-0.1, -0.05) is 23.7 Å². The Kier molecular flexibility index (Phi) is 7.31. The second kappa shape index (κ2) is 9.56. The van der Waals surface area contributed by atoms with E-state index in [1.165, 1.54) is 18.3 Å². The summed E-state index contributed by atoms with van der Waals surface area (Å²) in [5.41, 5.74) is -1.84. The minimum absolute atomic E-state index is 0. The number of aromatic hydroxyl groups is 1. The van der Waals surface area contributed by atoms with Crippen molar-refractivity contribution in [2.45, 2.75) is 38.4 Å². The maximum Gasteiger partial charge on any atom is 0.274 e. The molecule has 0 bridgehead atoms. The predicted octanol–water partition coefficient (Wildman–Crippen LogP) is 2.92. The molecule has 8 nitrogen and oxygen atoms in total. The third-order valence-electron chi connectivity index (χ3n) is 6.48. The summed E-state index contributed by atoms with van der Waals surface area (Å²) >= 11 is 5.78. The van der Waals surface area contributed by atoms with Crippen LogP contribution in [0.2, 0.25) is 5.02 Å². The van der Waals surface area contributed by atoms with Crippen LogP contribution in [0.15, 0.2) is 29.2 Å². The van der Waals surface area contributed by atoms with Crippen LogP contribution in [-0.2, 0) is 16.8 Å². The number of carbonyl (C=O) groups excluding carboxylic acids is 2. The summed E-state index contributed by atoms with van der Waals surface area (Å²) in [5.74, 6) is -2.64. The zero-order valence-corrected chi connectivity index (χ0v) is 20.5. The number of rotatable bonds is 6. The minimum atomic E-state index is -0.955. The van der Waals surface area contributed by atoms with Gasteiger partial charge >= 0.3 is 0 Å². The van der Waals surface area contributed by atoms with Crippen LogP contribution >= 0.6 is 24.0 Å². The molecule has 1 aliphatic heterocycles. The van der Waals surface area contributed by atoms with E-state index >= 15 is 0 Å². The number of nitrogens with zero attached hydrogens (tertiary/aromatic N) is 2. The second-order valence-electron chi connectivity index (χ2n) is 8.82.